The first-order valence-electron chi connectivity index (χ1n) is 6.47. The van der Waals surface area contributed by atoms with E-state index in [1.165, 1.54) is 12.3 Å². The zero-order chi connectivity index (χ0) is 14.8. The van der Waals surface area contributed by atoms with E-state index in [2.05, 4.69) is 4.98 Å². The molecule has 0 atom stereocenters. The lowest BCUT2D eigenvalue weighted by Crippen LogP contribution is -2.27. The standard InChI is InChI=1S/C14H19FN2O2S/c1-17(8-9-20(2,18)19)7-6-11-10-16-13-5-3-4-12(15)14(11)13/h3-5,10,16H,6-9H2,1-2H3. The van der Waals surface area contributed by atoms with Crippen LogP contribution in [-0.2, 0) is 16.3 Å². The fourth-order valence-corrected chi connectivity index (χ4v) is 2.79. The first-order chi connectivity index (χ1) is 9.37. The predicted octanol–water partition coefficient (Wildman–Crippen LogP) is 1.83. The van der Waals surface area contributed by atoms with Gasteiger partial charge in [-0.1, -0.05) is 6.07 Å². The van der Waals surface area contributed by atoms with Gasteiger partial charge >= 0.3 is 0 Å². The van der Waals surface area contributed by atoms with Crippen LogP contribution in [-0.4, -0.2) is 50.4 Å². The van der Waals surface area contributed by atoms with E-state index in [0.717, 1.165) is 11.1 Å². The van der Waals surface area contributed by atoms with Crippen LogP contribution in [0.15, 0.2) is 24.4 Å². The van der Waals surface area contributed by atoms with Gasteiger partial charge in [0, 0.05) is 36.4 Å². The number of nitrogens with one attached hydrogen (secondary N) is 1. The number of H-pyrrole nitrogens is 1. The van der Waals surface area contributed by atoms with E-state index >= 15 is 0 Å². The number of nitrogens with zero attached hydrogens (tertiary/aromatic N) is 1. The number of halogens is 1. The van der Waals surface area contributed by atoms with Crippen LogP contribution in [0.2, 0.25) is 0 Å². The molecule has 0 spiro atoms. The van der Waals surface area contributed by atoms with E-state index in [1.807, 2.05) is 24.2 Å². The highest BCUT2D eigenvalue weighted by molar-refractivity contribution is 7.90. The number of aromatic nitrogens is 1. The van der Waals surface area contributed by atoms with E-state index in [1.54, 1.807) is 6.07 Å². The zero-order valence-electron chi connectivity index (χ0n) is 11.7. The van der Waals surface area contributed by atoms with Gasteiger partial charge in [-0.2, -0.15) is 0 Å². The molecule has 0 aliphatic carbocycles. The fraction of sp³-hybridized carbons (Fsp3) is 0.429. The van der Waals surface area contributed by atoms with Gasteiger partial charge in [0.25, 0.3) is 0 Å². The highest BCUT2D eigenvalue weighted by atomic mass is 32.2. The van der Waals surface area contributed by atoms with E-state index < -0.39 is 9.84 Å². The van der Waals surface area contributed by atoms with Crippen LogP contribution in [0.1, 0.15) is 5.56 Å². The van der Waals surface area contributed by atoms with E-state index in [0.29, 0.717) is 24.9 Å². The first-order valence-corrected chi connectivity index (χ1v) is 8.53. The molecule has 0 aliphatic heterocycles. The van der Waals surface area contributed by atoms with Crippen LogP contribution < -0.4 is 0 Å². The minimum Gasteiger partial charge on any atom is -0.361 e. The van der Waals surface area contributed by atoms with Crippen molar-refractivity contribution < 1.29 is 12.8 Å². The molecule has 0 aliphatic rings. The molecule has 4 nitrogen and oxygen atoms in total. The molecule has 0 bridgehead atoms. The second-order valence-electron chi connectivity index (χ2n) is 5.16. The summed E-state index contributed by atoms with van der Waals surface area (Å²) in [5, 5.41) is 0.629. The van der Waals surface area contributed by atoms with Crippen molar-refractivity contribution >= 4 is 20.7 Å². The Hall–Kier alpha value is -1.40. The van der Waals surface area contributed by atoms with Crippen LogP contribution in [0, 0.1) is 5.82 Å². The highest BCUT2D eigenvalue weighted by Crippen LogP contribution is 2.21. The molecular formula is C14H19FN2O2S. The molecule has 0 saturated heterocycles. The van der Waals surface area contributed by atoms with Crippen molar-refractivity contribution in [1.82, 2.24) is 9.88 Å². The molecule has 0 amide bonds. The lowest BCUT2D eigenvalue weighted by Gasteiger charge is -2.15. The van der Waals surface area contributed by atoms with Crippen molar-refractivity contribution in [3.05, 3.63) is 35.8 Å². The third-order valence-electron chi connectivity index (χ3n) is 3.34. The monoisotopic (exact) mass is 298 g/mol. The summed E-state index contributed by atoms with van der Waals surface area (Å²) in [6.07, 6.45) is 3.73. The average molecular weight is 298 g/mol. The van der Waals surface area contributed by atoms with Gasteiger partial charge in [-0.3, -0.25) is 0 Å². The number of rotatable bonds is 6. The van der Waals surface area contributed by atoms with Gasteiger partial charge in [-0.15, -0.1) is 0 Å². The first kappa shape index (κ1) is 15.0. The number of benzene rings is 1. The highest BCUT2D eigenvalue weighted by Gasteiger charge is 2.10. The normalized spacial score (nSPS) is 12.4. The maximum Gasteiger partial charge on any atom is 0.148 e. The van der Waals surface area contributed by atoms with E-state index in [-0.39, 0.29) is 11.6 Å². The summed E-state index contributed by atoms with van der Waals surface area (Å²) in [6.45, 7) is 1.18. The van der Waals surface area contributed by atoms with Crippen LogP contribution in [0.25, 0.3) is 10.9 Å². The second-order valence-corrected chi connectivity index (χ2v) is 7.42. The van der Waals surface area contributed by atoms with Gasteiger partial charge in [0.2, 0.25) is 0 Å². The van der Waals surface area contributed by atoms with E-state index in [4.69, 9.17) is 0 Å². The molecular weight excluding hydrogens is 279 g/mol. The molecule has 1 aromatic carbocycles. The summed E-state index contributed by atoms with van der Waals surface area (Å²) in [4.78, 5) is 5.00. The van der Waals surface area contributed by atoms with Crippen molar-refractivity contribution in [2.45, 2.75) is 6.42 Å². The van der Waals surface area contributed by atoms with Crippen LogP contribution in [0.5, 0.6) is 0 Å². The van der Waals surface area contributed by atoms with Gasteiger partial charge in [0.05, 0.1) is 5.75 Å². The second kappa shape index (κ2) is 5.93. The molecule has 0 saturated carbocycles. The molecule has 110 valence electrons. The number of hydrogen-bond donors (Lipinski definition) is 1. The Morgan fingerprint density at radius 2 is 2.05 bits per heavy atom. The molecule has 2 aromatic rings. The lowest BCUT2D eigenvalue weighted by atomic mass is 10.1. The number of sulfone groups is 1. The summed E-state index contributed by atoms with van der Waals surface area (Å²) < 4.78 is 36.0. The summed E-state index contributed by atoms with van der Waals surface area (Å²) in [5.74, 6) is -0.0799. The topological polar surface area (TPSA) is 53.2 Å². The smallest absolute Gasteiger partial charge is 0.148 e. The average Bonchev–Trinajstić information content (AvgIpc) is 2.78. The summed E-state index contributed by atoms with van der Waals surface area (Å²) in [7, 11) is -1.07. The Labute approximate surface area is 118 Å². The zero-order valence-corrected chi connectivity index (χ0v) is 12.5. The molecule has 1 N–H and O–H groups in total. The number of fused-ring (bicyclic) bond motifs is 1. The Kier molecular flexibility index (Phi) is 4.45. The Morgan fingerprint density at radius 3 is 2.75 bits per heavy atom. The molecule has 2 rings (SSSR count). The minimum atomic E-state index is -2.94. The van der Waals surface area contributed by atoms with Crippen molar-refractivity contribution in [1.29, 1.82) is 0 Å². The van der Waals surface area contributed by atoms with Crippen LogP contribution in [0.4, 0.5) is 4.39 Å². The van der Waals surface area contributed by atoms with Gasteiger partial charge < -0.3 is 9.88 Å². The molecule has 6 heteroatoms. The van der Waals surface area contributed by atoms with Crippen molar-refractivity contribution in [2.75, 3.05) is 32.1 Å². The Balaban J connectivity index is 1.99. The fourth-order valence-electron chi connectivity index (χ4n) is 2.15. The lowest BCUT2D eigenvalue weighted by molar-refractivity contribution is 0.358. The largest absolute Gasteiger partial charge is 0.361 e. The van der Waals surface area contributed by atoms with Crippen LogP contribution in [0.3, 0.4) is 0 Å². The van der Waals surface area contributed by atoms with Gasteiger partial charge in [-0.25, -0.2) is 12.8 Å². The number of aromatic amines is 1. The maximum absolute atomic E-state index is 13.8. The van der Waals surface area contributed by atoms with Gasteiger partial charge in [0.15, 0.2) is 0 Å². The minimum absolute atomic E-state index is 0.145. The van der Waals surface area contributed by atoms with E-state index in [9.17, 15) is 12.8 Å². The predicted molar refractivity (Wildman–Crippen MR) is 79.2 cm³/mol. The molecule has 0 unspecified atom stereocenters. The third kappa shape index (κ3) is 3.80. The molecule has 1 heterocycles. The maximum atomic E-state index is 13.8. The summed E-state index contributed by atoms with van der Waals surface area (Å²) in [5.41, 5.74) is 1.71. The third-order valence-corrected chi connectivity index (χ3v) is 4.27. The number of likely N-dealkylation sites (N-methyl/N-ethyl adjacent to an activating group) is 1. The summed E-state index contributed by atoms with van der Waals surface area (Å²) >= 11 is 0. The van der Waals surface area contributed by atoms with Crippen molar-refractivity contribution in [2.24, 2.45) is 0 Å². The Morgan fingerprint density at radius 1 is 1.30 bits per heavy atom. The Bertz CT molecular complexity index is 694. The van der Waals surface area contributed by atoms with Gasteiger partial charge in [0.1, 0.15) is 15.7 Å². The van der Waals surface area contributed by atoms with Crippen molar-refractivity contribution in [3.63, 3.8) is 0 Å². The molecule has 0 fully saturated rings. The van der Waals surface area contributed by atoms with Crippen molar-refractivity contribution in [3.8, 4) is 0 Å². The molecule has 1 aromatic heterocycles. The molecule has 20 heavy (non-hydrogen) atoms. The SMILES string of the molecule is CN(CCc1c[nH]c2cccc(F)c12)CCS(C)(=O)=O. The van der Waals surface area contributed by atoms with Crippen LogP contribution >= 0.6 is 0 Å². The van der Waals surface area contributed by atoms with Gasteiger partial charge in [-0.05, 0) is 31.2 Å². The molecule has 0 radical (unpaired) electrons. The number of hydrogen-bond acceptors (Lipinski definition) is 3. The summed E-state index contributed by atoms with van der Waals surface area (Å²) in [6, 6.07) is 4.97. The quantitative estimate of drug-likeness (QED) is 0.885.